The molecule has 1 unspecified atom stereocenters. The van der Waals surface area contributed by atoms with Crippen molar-refractivity contribution >= 4 is 22.4 Å². The second-order valence-electron chi connectivity index (χ2n) is 12.0. The predicted octanol–water partition coefficient (Wildman–Crippen LogP) is 8.74. The number of likely N-dealkylation sites (tertiary alicyclic amines) is 1. The van der Waals surface area contributed by atoms with Crippen LogP contribution in [-0.2, 0) is 11.2 Å². The number of carboxylic acid groups (broad SMARTS) is 1. The van der Waals surface area contributed by atoms with Gasteiger partial charge in [-0.05, 0) is 89.9 Å². The minimum atomic E-state index is -4.16. The number of aliphatic carboxylic acids is 1. The lowest BCUT2D eigenvalue weighted by Crippen LogP contribution is -2.36. The molecule has 0 bridgehead atoms. The predicted molar refractivity (Wildman–Crippen MR) is 182 cm³/mol. The molecular weight excluding hydrogens is 624 g/mol. The molecule has 0 radical (unpaired) electrons. The Balaban J connectivity index is 0.000000401. The zero-order chi connectivity index (χ0) is 35.0. The van der Waals surface area contributed by atoms with E-state index < -0.39 is 18.6 Å². The number of carbonyl (C=O) groups is 1. The van der Waals surface area contributed by atoms with Crippen molar-refractivity contribution in [1.82, 2.24) is 4.90 Å². The van der Waals surface area contributed by atoms with Crippen LogP contribution in [-0.4, -0.2) is 56.0 Å². The molecule has 1 heterocycles. The fourth-order valence-corrected chi connectivity index (χ4v) is 6.34. The van der Waals surface area contributed by atoms with Crippen molar-refractivity contribution in [3.8, 4) is 22.6 Å². The van der Waals surface area contributed by atoms with Crippen molar-refractivity contribution in [3.05, 3.63) is 101 Å². The zero-order valence-electron chi connectivity index (χ0n) is 27.5. The topological polar surface area (TPSA) is 85.0 Å². The van der Waals surface area contributed by atoms with Crippen molar-refractivity contribution in [1.29, 1.82) is 0 Å². The molecule has 1 saturated heterocycles. The van der Waals surface area contributed by atoms with Crippen LogP contribution in [0, 0.1) is 12.7 Å². The molecule has 0 aliphatic carbocycles. The van der Waals surface area contributed by atoms with Gasteiger partial charge in [-0.15, -0.1) is 0 Å². The number of methoxy groups -OCH3 is 2. The van der Waals surface area contributed by atoms with E-state index in [1.54, 1.807) is 33.3 Å². The molecule has 4 aromatic carbocycles. The van der Waals surface area contributed by atoms with Gasteiger partial charge in [-0.25, -0.2) is 4.39 Å². The van der Waals surface area contributed by atoms with Gasteiger partial charge in [0.1, 0.15) is 17.3 Å². The highest BCUT2D eigenvalue weighted by atomic mass is 19.4. The van der Waals surface area contributed by atoms with E-state index in [4.69, 9.17) is 20.3 Å². The molecule has 6 nitrogen and oxygen atoms in total. The van der Waals surface area contributed by atoms with Crippen LogP contribution in [0.15, 0.2) is 73.3 Å². The first-order valence-corrected chi connectivity index (χ1v) is 15.8. The Morgan fingerprint density at radius 1 is 1.02 bits per heavy atom. The van der Waals surface area contributed by atoms with Crippen molar-refractivity contribution in [2.45, 2.75) is 51.1 Å². The lowest BCUT2D eigenvalue weighted by Gasteiger charge is -2.33. The first-order chi connectivity index (χ1) is 22.8. The number of carboxylic acids is 1. The van der Waals surface area contributed by atoms with Crippen LogP contribution in [0.25, 0.3) is 27.6 Å². The molecule has 48 heavy (non-hydrogen) atoms. The highest BCUT2D eigenvalue weighted by Crippen LogP contribution is 2.45. The number of rotatable bonds is 10. The highest BCUT2D eigenvalue weighted by molar-refractivity contribution is 6.01. The maximum absolute atomic E-state index is 13.0. The molecule has 0 spiro atoms. The average Bonchev–Trinajstić information content (AvgIpc) is 3.05. The molecule has 10 heteroatoms. The third-order valence-electron chi connectivity index (χ3n) is 8.65. The smallest absolute Gasteiger partial charge is 0.390 e. The summed E-state index contributed by atoms with van der Waals surface area (Å²) in [6.07, 6.45) is -2.78. The van der Waals surface area contributed by atoms with Gasteiger partial charge < -0.3 is 25.2 Å². The Labute approximate surface area is 278 Å². The van der Waals surface area contributed by atoms with Crippen molar-refractivity contribution in [3.63, 3.8) is 0 Å². The van der Waals surface area contributed by atoms with E-state index in [2.05, 4.69) is 6.58 Å². The van der Waals surface area contributed by atoms with Crippen LogP contribution >= 0.6 is 0 Å². The summed E-state index contributed by atoms with van der Waals surface area (Å²) in [5, 5.41) is 11.1. The monoisotopic (exact) mass is 666 g/mol. The fourth-order valence-electron chi connectivity index (χ4n) is 6.34. The van der Waals surface area contributed by atoms with Gasteiger partial charge in [0.05, 0.1) is 26.2 Å². The second kappa shape index (κ2) is 16.0. The van der Waals surface area contributed by atoms with E-state index in [1.807, 2.05) is 53.4 Å². The van der Waals surface area contributed by atoms with Gasteiger partial charge in [0.2, 0.25) is 0 Å². The summed E-state index contributed by atoms with van der Waals surface area (Å²) < 4.78 is 62.9. The number of alkyl halides is 3. The zero-order valence-corrected chi connectivity index (χ0v) is 27.5. The van der Waals surface area contributed by atoms with Crippen LogP contribution in [0.1, 0.15) is 53.9 Å². The molecule has 5 rings (SSSR count). The lowest BCUT2D eigenvalue weighted by molar-refractivity contribution is -0.139. The molecule has 256 valence electrons. The molecule has 1 fully saturated rings. The van der Waals surface area contributed by atoms with Crippen molar-refractivity contribution in [2.24, 2.45) is 5.73 Å². The lowest BCUT2D eigenvalue weighted by atomic mass is 9.87. The molecular formula is C38H42F4N2O4. The summed E-state index contributed by atoms with van der Waals surface area (Å²) in [7, 11) is 3.20. The van der Waals surface area contributed by atoms with Crippen LogP contribution in [0.3, 0.4) is 0 Å². The number of nitrogens with two attached hydrogens (primary N) is 1. The van der Waals surface area contributed by atoms with E-state index in [0.29, 0.717) is 36.6 Å². The Morgan fingerprint density at radius 3 is 2.25 bits per heavy atom. The maximum Gasteiger partial charge on any atom is 0.390 e. The normalized spacial score (nSPS) is 15.0. The number of hydrogen-bond acceptors (Lipinski definition) is 5. The second-order valence-corrected chi connectivity index (χ2v) is 12.0. The number of hydrogen-bond donors (Lipinski definition) is 2. The summed E-state index contributed by atoms with van der Waals surface area (Å²) in [6.45, 7) is 6.52. The number of nitrogens with zero attached hydrogens (tertiary/aromatic N) is 1. The maximum atomic E-state index is 13.0. The van der Waals surface area contributed by atoms with Gasteiger partial charge in [-0.1, -0.05) is 55.1 Å². The third kappa shape index (κ3) is 9.07. The van der Waals surface area contributed by atoms with Crippen LogP contribution in [0.4, 0.5) is 17.6 Å². The highest BCUT2D eigenvalue weighted by Gasteiger charge is 2.30. The third-order valence-corrected chi connectivity index (χ3v) is 8.65. The van der Waals surface area contributed by atoms with Crippen LogP contribution in [0.5, 0.6) is 11.5 Å². The summed E-state index contributed by atoms with van der Waals surface area (Å²) in [5.74, 6) is 0.189. The van der Waals surface area contributed by atoms with Crippen molar-refractivity contribution in [2.75, 3.05) is 33.9 Å². The molecule has 1 atom stereocenters. The average molecular weight is 667 g/mol. The molecule has 1 aliphatic heterocycles. The summed E-state index contributed by atoms with van der Waals surface area (Å²) in [6, 6.07) is 20.6. The van der Waals surface area contributed by atoms with E-state index in [9.17, 15) is 22.4 Å². The van der Waals surface area contributed by atoms with Gasteiger partial charge in [0.15, 0.2) is 0 Å². The van der Waals surface area contributed by atoms with E-state index in [1.165, 1.54) is 6.07 Å². The molecule has 3 N–H and O–H groups in total. The molecule has 1 aliphatic rings. The minimum Gasteiger partial charge on any atom is -0.496 e. The molecule has 0 amide bonds. The summed E-state index contributed by atoms with van der Waals surface area (Å²) in [5.41, 5.74) is 10.5. The number of aryl methyl sites for hydroxylation is 2. The number of fused-ring (bicyclic) bond motifs is 1. The van der Waals surface area contributed by atoms with E-state index >= 15 is 0 Å². The summed E-state index contributed by atoms with van der Waals surface area (Å²) in [4.78, 5) is 13.0. The number of benzene rings is 4. The van der Waals surface area contributed by atoms with Crippen LogP contribution < -0.4 is 15.2 Å². The molecule has 4 aromatic rings. The number of ether oxygens (including phenoxy) is 2. The largest absolute Gasteiger partial charge is 0.496 e. The SMILES string of the molecule is C=C(N)c1c(C)cccc1F.COc1cc(C2CCCN(CCC(F)(F)F)C2)cc(OC)c1-c1cccc2c(CCC(=O)O)cccc12. The summed E-state index contributed by atoms with van der Waals surface area (Å²) >= 11 is 0. The van der Waals surface area contributed by atoms with Gasteiger partial charge in [0.25, 0.3) is 0 Å². The standard InChI is InChI=1S/C29H32F3NO4.C9H10FN/c1-36-25-16-21(20-7-5-14-33(18-20)15-13-29(30,31)32)17-26(37-2)28(25)24-10-4-8-22-19(11-12-27(34)35)6-3-9-23(22)24;1-6-4-3-5-8(10)9(6)7(2)11/h3-4,6,8-10,16-17,20H,5,7,11-15,18H2,1-2H3,(H,34,35);3-5H,2,11H2,1H3. The van der Waals surface area contributed by atoms with Gasteiger partial charge in [-0.3, -0.25) is 4.79 Å². The Morgan fingerprint density at radius 2 is 1.67 bits per heavy atom. The van der Waals surface area contributed by atoms with Gasteiger partial charge >= 0.3 is 12.1 Å². The number of piperidine rings is 1. The Hall–Kier alpha value is -4.57. The molecule has 0 aromatic heterocycles. The quantitative estimate of drug-likeness (QED) is 0.165. The van der Waals surface area contributed by atoms with E-state index in [0.717, 1.165) is 51.4 Å². The Kier molecular flexibility index (Phi) is 12.1. The van der Waals surface area contributed by atoms with Crippen molar-refractivity contribution < 1.29 is 36.9 Å². The van der Waals surface area contributed by atoms with E-state index in [-0.39, 0.29) is 30.4 Å². The molecule has 0 saturated carbocycles. The van der Waals surface area contributed by atoms with Gasteiger partial charge in [-0.2, -0.15) is 13.2 Å². The first kappa shape index (κ1) is 36.3. The number of halogens is 4. The van der Waals surface area contributed by atoms with Crippen LogP contribution in [0.2, 0.25) is 0 Å². The minimum absolute atomic E-state index is 0.00652. The van der Waals surface area contributed by atoms with Gasteiger partial charge in [0, 0.05) is 30.8 Å². The Bertz CT molecular complexity index is 1710. The fraction of sp³-hybridized carbons (Fsp3) is 0.342. The first-order valence-electron chi connectivity index (χ1n) is 15.8.